The van der Waals surface area contributed by atoms with Gasteiger partial charge in [0.05, 0.1) is 10.6 Å². The highest BCUT2D eigenvalue weighted by Crippen LogP contribution is 2.28. The van der Waals surface area contributed by atoms with Crippen molar-refractivity contribution in [3.8, 4) is 10.6 Å². The van der Waals surface area contributed by atoms with Crippen LogP contribution in [-0.4, -0.2) is 10.9 Å². The van der Waals surface area contributed by atoms with Gasteiger partial charge in [-0.05, 0) is 24.4 Å². The molecule has 0 radical (unpaired) electrons. The lowest BCUT2D eigenvalue weighted by molar-refractivity contribution is -0.111. The summed E-state index contributed by atoms with van der Waals surface area (Å²) in [5.74, 6) is -0.144. The smallest absolute Gasteiger partial charge is 0.249 e. The van der Waals surface area contributed by atoms with Gasteiger partial charge in [-0.3, -0.25) is 10.1 Å². The molecule has 1 amide bonds. The van der Waals surface area contributed by atoms with Crippen LogP contribution in [0.25, 0.3) is 10.6 Å². The third kappa shape index (κ3) is 2.56. The number of hydrogen-bond acceptors (Lipinski definition) is 4. The number of thiophene rings is 1. The predicted octanol–water partition coefficient (Wildman–Crippen LogP) is 3.39. The number of carbonyl (C=O) groups is 1. The Morgan fingerprint density at radius 3 is 3.06 bits per heavy atom. The molecule has 0 aliphatic carbocycles. The number of hydrogen-bond donors (Lipinski definition) is 1. The van der Waals surface area contributed by atoms with Crippen LogP contribution in [0.15, 0.2) is 35.0 Å². The van der Waals surface area contributed by atoms with Gasteiger partial charge < -0.3 is 0 Å². The third-order valence-electron chi connectivity index (χ3n) is 1.83. The van der Waals surface area contributed by atoms with Crippen LogP contribution in [0.4, 0.5) is 5.13 Å². The Morgan fingerprint density at radius 2 is 2.38 bits per heavy atom. The maximum Gasteiger partial charge on any atom is 0.249 e. The van der Waals surface area contributed by atoms with Crippen LogP contribution in [0.5, 0.6) is 0 Å². The van der Waals surface area contributed by atoms with Crippen LogP contribution in [0.2, 0.25) is 0 Å². The zero-order chi connectivity index (χ0) is 11.4. The first kappa shape index (κ1) is 11.0. The second-order valence-electron chi connectivity index (χ2n) is 3.00. The van der Waals surface area contributed by atoms with E-state index < -0.39 is 0 Å². The number of anilines is 1. The van der Waals surface area contributed by atoms with Crippen LogP contribution in [0, 0.1) is 0 Å². The van der Waals surface area contributed by atoms with E-state index in [2.05, 4.69) is 10.3 Å². The minimum absolute atomic E-state index is 0.144. The first-order valence-corrected chi connectivity index (χ1v) is 6.48. The van der Waals surface area contributed by atoms with Gasteiger partial charge >= 0.3 is 0 Å². The molecule has 2 aromatic heterocycles. The van der Waals surface area contributed by atoms with Crippen molar-refractivity contribution < 1.29 is 4.79 Å². The summed E-state index contributed by atoms with van der Waals surface area (Å²) in [4.78, 5) is 16.7. The molecule has 0 atom stereocenters. The maximum atomic E-state index is 11.3. The SMILES string of the molecule is C/C=C/C(=O)Nc1nc(-c2cccs2)cs1. The van der Waals surface area contributed by atoms with Crippen LogP contribution >= 0.6 is 22.7 Å². The van der Waals surface area contributed by atoms with Crippen molar-refractivity contribution in [1.29, 1.82) is 0 Å². The number of thiazole rings is 1. The molecule has 0 spiro atoms. The van der Waals surface area contributed by atoms with E-state index in [9.17, 15) is 4.79 Å². The average Bonchev–Trinajstić information content (AvgIpc) is 2.86. The van der Waals surface area contributed by atoms with E-state index in [1.165, 1.54) is 17.4 Å². The molecule has 0 aliphatic rings. The Bertz CT molecular complexity index is 500. The quantitative estimate of drug-likeness (QED) is 0.848. The van der Waals surface area contributed by atoms with Crippen LogP contribution in [-0.2, 0) is 4.79 Å². The summed E-state index contributed by atoms with van der Waals surface area (Å²) in [5.41, 5.74) is 0.913. The zero-order valence-electron chi connectivity index (χ0n) is 8.64. The second kappa shape index (κ2) is 5.05. The number of amides is 1. The summed E-state index contributed by atoms with van der Waals surface area (Å²) in [6.45, 7) is 1.80. The number of nitrogens with zero attached hydrogens (tertiary/aromatic N) is 1. The molecule has 16 heavy (non-hydrogen) atoms. The number of rotatable bonds is 3. The number of aromatic nitrogens is 1. The van der Waals surface area contributed by atoms with E-state index >= 15 is 0 Å². The van der Waals surface area contributed by atoms with E-state index in [1.807, 2.05) is 22.9 Å². The molecule has 0 fully saturated rings. The molecule has 1 N–H and O–H groups in total. The summed E-state index contributed by atoms with van der Waals surface area (Å²) in [5, 5.41) is 7.29. The molecule has 0 saturated carbocycles. The maximum absolute atomic E-state index is 11.3. The van der Waals surface area contributed by atoms with Crippen LogP contribution in [0.1, 0.15) is 6.92 Å². The highest BCUT2D eigenvalue weighted by molar-refractivity contribution is 7.16. The average molecular weight is 250 g/mol. The van der Waals surface area contributed by atoms with Gasteiger partial charge in [-0.15, -0.1) is 22.7 Å². The summed E-state index contributed by atoms with van der Waals surface area (Å²) in [6, 6.07) is 3.99. The van der Waals surface area contributed by atoms with Gasteiger partial charge in [-0.2, -0.15) is 0 Å². The summed E-state index contributed by atoms with van der Waals surface area (Å²) >= 11 is 3.07. The van der Waals surface area contributed by atoms with Crippen molar-refractivity contribution in [3.05, 3.63) is 35.0 Å². The molecular formula is C11H10N2OS2. The Kier molecular flexibility index (Phi) is 3.48. The standard InChI is InChI=1S/C11H10N2OS2/c1-2-4-10(14)13-11-12-8(7-16-11)9-5-3-6-15-9/h2-7H,1H3,(H,12,13,14)/b4-2+. The van der Waals surface area contributed by atoms with Crippen molar-refractivity contribution in [3.63, 3.8) is 0 Å². The lowest BCUT2D eigenvalue weighted by Gasteiger charge is -1.94. The largest absolute Gasteiger partial charge is 0.298 e. The number of nitrogens with one attached hydrogen (secondary N) is 1. The summed E-state index contributed by atoms with van der Waals surface area (Å²) in [6.07, 6.45) is 3.18. The van der Waals surface area contributed by atoms with Crippen LogP contribution in [0.3, 0.4) is 0 Å². The number of allylic oxidation sites excluding steroid dienone is 1. The monoisotopic (exact) mass is 250 g/mol. The molecule has 2 aromatic rings. The first-order valence-electron chi connectivity index (χ1n) is 4.72. The molecule has 0 saturated heterocycles. The Labute approximate surface area is 101 Å². The van der Waals surface area contributed by atoms with Crippen LogP contribution < -0.4 is 5.32 Å². The summed E-state index contributed by atoms with van der Waals surface area (Å²) < 4.78 is 0. The Morgan fingerprint density at radius 1 is 1.50 bits per heavy atom. The fourth-order valence-corrected chi connectivity index (χ4v) is 2.64. The predicted molar refractivity (Wildman–Crippen MR) is 68.9 cm³/mol. The molecule has 0 unspecified atom stereocenters. The van der Waals surface area contributed by atoms with E-state index in [-0.39, 0.29) is 5.91 Å². The lowest BCUT2D eigenvalue weighted by Crippen LogP contribution is -2.07. The van der Waals surface area contributed by atoms with Gasteiger partial charge in [0.15, 0.2) is 5.13 Å². The molecule has 0 bridgehead atoms. The Balaban J connectivity index is 2.11. The molecule has 2 rings (SSSR count). The lowest BCUT2D eigenvalue weighted by atomic mass is 10.4. The zero-order valence-corrected chi connectivity index (χ0v) is 10.3. The summed E-state index contributed by atoms with van der Waals surface area (Å²) in [7, 11) is 0. The molecule has 82 valence electrons. The molecular weight excluding hydrogens is 240 g/mol. The van der Waals surface area contributed by atoms with Gasteiger partial charge in [0.25, 0.3) is 0 Å². The van der Waals surface area contributed by atoms with Gasteiger partial charge in [-0.1, -0.05) is 12.1 Å². The third-order valence-corrected chi connectivity index (χ3v) is 3.48. The topological polar surface area (TPSA) is 42.0 Å². The van der Waals surface area contributed by atoms with E-state index in [1.54, 1.807) is 24.3 Å². The molecule has 3 nitrogen and oxygen atoms in total. The fraction of sp³-hybridized carbons (Fsp3) is 0.0909. The molecule has 0 aliphatic heterocycles. The van der Waals surface area contributed by atoms with Crippen molar-refractivity contribution in [1.82, 2.24) is 4.98 Å². The first-order chi connectivity index (χ1) is 7.79. The molecule has 5 heteroatoms. The minimum Gasteiger partial charge on any atom is -0.298 e. The molecule has 2 heterocycles. The molecule has 0 aromatic carbocycles. The van der Waals surface area contributed by atoms with Gasteiger partial charge in [0, 0.05) is 5.38 Å². The van der Waals surface area contributed by atoms with Crippen molar-refractivity contribution in [2.45, 2.75) is 6.92 Å². The second-order valence-corrected chi connectivity index (χ2v) is 4.81. The van der Waals surface area contributed by atoms with E-state index in [4.69, 9.17) is 0 Å². The highest BCUT2D eigenvalue weighted by Gasteiger charge is 2.06. The van der Waals surface area contributed by atoms with E-state index in [0.29, 0.717) is 5.13 Å². The highest BCUT2D eigenvalue weighted by atomic mass is 32.1. The van der Waals surface area contributed by atoms with Crippen molar-refractivity contribution >= 4 is 33.7 Å². The van der Waals surface area contributed by atoms with Crippen molar-refractivity contribution in [2.24, 2.45) is 0 Å². The van der Waals surface area contributed by atoms with Gasteiger partial charge in [0.1, 0.15) is 0 Å². The minimum atomic E-state index is -0.144. The normalized spacial score (nSPS) is 10.8. The van der Waals surface area contributed by atoms with Gasteiger partial charge in [0.2, 0.25) is 5.91 Å². The van der Waals surface area contributed by atoms with Gasteiger partial charge in [-0.25, -0.2) is 4.98 Å². The van der Waals surface area contributed by atoms with Crippen molar-refractivity contribution in [2.75, 3.05) is 5.32 Å². The Hall–Kier alpha value is -1.46. The van der Waals surface area contributed by atoms with E-state index in [0.717, 1.165) is 10.6 Å². The fourth-order valence-electron chi connectivity index (χ4n) is 1.17. The number of carbonyl (C=O) groups excluding carboxylic acids is 1.